The lowest BCUT2D eigenvalue weighted by molar-refractivity contribution is -0.122. The minimum absolute atomic E-state index is 0.0248. The Hall–Kier alpha value is -1.79. The summed E-state index contributed by atoms with van der Waals surface area (Å²) in [6.45, 7) is 5.93. The summed E-state index contributed by atoms with van der Waals surface area (Å²) in [5, 5.41) is 5.55. The molecule has 138 valence electrons. The van der Waals surface area contributed by atoms with E-state index in [2.05, 4.69) is 26.6 Å². The van der Waals surface area contributed by atoms with Crippen molar-refractivity contribution in [3.63, 3.8) is 0 Å². The van der Waals surface area contributed by atoms with E-state index in [-0.39, 0.29) is 18.4 Å². The van der Waals surface area contributed by atoms with Crippen LogP contribution in [0.15, 0.2) is 40.9 Å². The normalized spacial score (nSPS) is 10.5. The van der Waals surface area contributed by atoms with Gasteiger partial charge in [-0.05, 0) is 49.6 Å². The second-order valence-electron chi connectivity index (χ2n) is 6.22. The van der Waals surface area contributed by atoms with Gasteiger partial charge < -0.3 is 10.6 Å². The van der Waals surface area contributed by atoms with Crippen molar-refractivity contribution in [3.05, 3.63) is 63.1 Å². The first-order valence-corrected chi connectivity index (χ1v) is 10.3. The number of nitrogens with one attached hydrogen (secondary N) is 2. The van der Waals surface area contributed by atoms with Gasteiger partial charge in [0.1, 0.15) is 0 Å². The molecule has 0 radical (unpaired) electrons. The molecule has 4 nitrogen and oxygen atoms in total. The molecule has 2 aromatic carbocycles. The zero-order valence-corrected chi connectivity index (χ0v) is 17.6. The Kier molecular flexibility index (Phi) is 7.72. The number of benzene rings is 2. The van der Waals surface area contributed by atoms with Crippen molar-refractivity contribution in [1.82, 2.24) is 5.32 Å². The van der Waals surface area contributed by atoms with Gasteiger partial charge in [0.2, 0.25) is 11.8 Å². The first-order valence-electron chi connectivity index (χ1n) is 8.31. The van der Waals surface area contributed by atoms with Crippen LogP contribution in [0.5, 0.6) is 0 Å². The van der Waals surface area contributed by atoms with E-state index in [0.717, 1.165) is 38.2 Å². The van der Waals surface area contributed by atoms with Crippen LogP contribution in [0.25, 0.3) is 0 Å². The van der Waals surface area contributed by atoms with Gasteiger partial charge in [0, 0.05) is 15.9 Å². The van der Waals surface area contributed by atoms with Crippen molar-refractivity contribution >= 4 is 45.2 Å². The summed E-state index contributed by atoms with van der Waals surface area (Å²) >= 11 is 4.95. The Balaban J connectivity index is 1.74. The fourth-order valence-corrected chi connectivity index (χ4v) is 3.93. The van der Waals surface area contributed by atoms with Crippen molar-refractivity contribution in [2.45, 2.75) is 26.5 Å². The van der Waals surface area contributed by atoms with E-state index >= 15 is 0 Å². The van der Waals surface area contributed by atoms with Gasteiger partial charge in [-0.2, -0.15) is 0 Å². The number of carbonyl (C=O) groups is 2. The van der Waals surface area contributed by atoms with Crippen molar-refractivity contribution in [3.8, 4) is 0 Å². The molecule has 2 amide bonds. The first kappa shape index (κ1) is 20.5. The Morgan fingerprint density at radius 1 is 1.04 bits per heavy atom. The molecule has 0 saturated heterocycles. The average Bonchev–Trinajstić information content (AvgIpc) is 2.56. The van der Waals surface area contributed by atoms with Crippen molar-refractivity contribution < 1.29 is 9.59 Å². The number of halogens is 1. The number of aryl methyl sites for hydroxylation is 3. The molecule has 2 rings (SSSR count). The van der Waals surface area contributed by atoms with Gasteiger partial charge in [-0.25, -0.2) is 0 Å². The van der Waals surface area contributed by atoms with Crippen LogP contribution in [0.4, 0.5) is 5.69 Å². The molecule has 6 heteroatoms. The highest BCUT2D eigenvalue weighted by Crippen LogP contribution is 2.21. The largest absolute Gasteiger partial charge is 0.346 e. The van der Waals surface area contributed by atoms with Gasteiger partial charge in [0.15, 0.2) is 0 Å². The molecule has 0 fully saturated rings. The van der Waals surface area contributed by atoms with Gasteiger partial charge in [0.05, 0.1) is 12.3 Å². The zero-order valence-electron chi connectivity index (χ0n) is 15.2. The third-order valence-electron chi connectivity index (χ3n) is 3.78. The van der Waals surface area contributed by atoms with E-state index in [0.29, 0.717) is 5.75 Å². The Morgan fingerprint density at radius 2 is 1.73 bits per heavy atom. The van der Waals surface area contributed by atoms with Crippen LogP contribution in [0.3, 0.4) is 0 Å². The number of carbonyl (C=O) groups excluding carboxylic acids is 2. The molecule has 2 aromatic rings. The number of rotatable bonds is 7. The fourth-order valence-electron chi connectivity index (χ4n) is 2.68. The second kappa shape index (κ2) is 9.78. The van der Waals surface area contributed by atoms with Crippen LogP contribution < -0.4 is 10.6 Å². The van der Waals surface area contributed by atoms with Crippen LogP contribution in [0, 0.1) is 20.8 Å². The van der Waals surface area contributed by atoms with E-state index in [1.54, 1.807) is 0 Å². The molecule has 0 aliphatic carbocycles. The molecule has 26 heavy (non-hydrogen) atoms. The van der Waals surface area contributed by atoms with Crippen LogP contribution in [0.2, 0.25) is 0 Å². The van der Waals surface area contributed by atoms with Gasteiger partial charge in [-0.1, -0.05) is 45.8 Å². The quantitative estimate of drug-likeness (QED) is 0.680. The highest BCUT2D eigenvalue weighted by molar-refractivity contribution is 9.10. The Labute approximate surface area is 167 Å². The maximum Gasteiger partial charge on any atom is 0.243 e. The monoisotopic (exact) mass is 434 g/mol. The van der Waals surface area contributed by atoms with Crippen LogP contribution in [-0.4, -0.2) is 24.1 Å². The van der Waals surface area contributed by atoms with E-state index in [1.165, 1.54) is 11.8 Å². The van der Waals surface area contributed by atoms with Gasteiger partial charge in [0.25, 0.3) is 0 Å². The lowest BCUT2D eigenvalue weighted by Gasteiger charge is -2.13. The van der Waals surface area contributed by atoms with E-state index < -0.39 is 0 Å². The molecular formula is C20H23BrN2O2S. The Bertz CT molecular complexity index is 785. The minimum atomic E-state index is -0.217. The SMILES string of the molecule is Cc1cc(C)c(NC(=O)CNC(=O)CSCc2cccc(Br)c2)c(C)c1. The van der Waals surface area contributed by atoms with Crippen molar-refractivity contribution in [2.24, 2.45) is 0 Å². The smallest absolute Gasteiger partial charge is 0.243 e. The predicted molar refractivity (Wildman–Crippen MR) is 113 cm³/mol. The zero-order chi connectivity index (χ0) is 19.1. The summed E-state index contributed by atoms with van der Waals surface area (Å²) in [7, 11) is 0. The minimum Gasteiger partial charge on any atom is -0.346 e. The van der Waals surface area contributed by atoms with Gasteiger partial charge >= 0.3 is 0 Å². The number of hydrogen-bond acceptors (Lipinski definition) is 3. The summed E-state index contributed by atoms with van der Waals surface area (Å²) < 4.78 is 1.03. The molecule has 0 aliphatic heterocycles. The van der Waals surface area contributed by atoms with Gasteiger partial charge in [-0.3, -0.25) is 9.59 Å². The molecule has 0 aliphatic rings. The molecule has 2 N–H and O–H groups in total. The number of amides is 2. The highest BCUT2D eigenvalue weighted by Gasteiger charge is 2.10. The highest BCUT2D eigenvalue weighted by atomic mass is 79.9. The van der Waals surface area contributed by atoms with Crippen molar-refractivity contribution in [2.75, 3.05) is 17.6 Å². The molecule has 0 aromatic heterocycles. The fraction of sp³-hybridized carbons (Fsp3) is 0.300. The molecule has 0 spiro atoms. The average molecular weight is 435 g/mol. The molecule has 0 saturated carbocycles. The maximum atomic E-state index is 12.1. The lowest BCUT2D eigenvalue weighted by Crippen LogP contribution is -2.34. The van der Waals surface area contributed by atoms with Crippen LogP contribution >= 0.6 is 27.7 Å². The number of thioether (sulfide) groups is 1. The predicted octanol–water partition coefficient (Wildman–Crippen LogP) is 4.36. The Morgan fingerprint density at radius 3 is 2.38 bits per heavy atom. The third-order valence-corrected chi connectivity index (χ3v) is 5.28. The van der Waals surface area contributed by atoms with E-state index in [4.69, 9.17) is 0 Å². The number of hydrogen-bond donors (Lipinski definition) is 2. The summed E-state index contributed by atoms with van der Waals surface area (Å²) in [5.74, 6) is 0.714. The third kappa shape index (κ3) is 6.50. The molecule has 0 heterocycles. The standard InChI is InChI=1S/C20H23BrN2O2S/c1-13-7-14(2)20(15(3)8-13)23-18(24)10-22-19(25)12-26-11-16-5-4-6-17(21)9-16/h4-9H,10-12H2,1-3H3,(H,22,25)(H,23,24). The summed E-state index contributed by atoms with van der Waals surface area (Å²) in [5.41, 5.74) is 5.17. The van der Waals surface area contributed by atoms with Crippen molar-refractivity contribution in [1.29, 1.82) is 0 Å². The summed E-state index contributed by atoms with van der Waals surface area (Å²) in [4.78, 5) is 24.0. The molecule has 0 bridgehead atoms. The lowest BCUT2D eigenvalue weighted by atomic mass is 10.1. The molecular weight excluding hydrogens is 412 g/mol. The van der Waals surface area contributed by atoms with Gasteiger partial charge in [-0.15, -0.1) is 11.8 Å². The first-order chi connectivity index (χ1) is 12.3. The van der Waals surface area contributed by atoms with Crippen LogP contribution in [-0.2, 0) is 15.3 Å². The van der Waals surface area contributed by atoms with E-state index in [1.807, 2.05) is 57.2 Å². The number of anilines is 1. The second-order valence-corrected chi connectivity index (χ2v) is 8.12. The topological polar surface area (TPSA) is 58.2 Å². The molecule has 0 unspecified atom stereocenters. The molecule has 0 atom stereocenters. The maximum absolute atomic E-state index is 12.1. The van der Waals surface area contributed by atoms with Crippen LogP contribution in [0.1, 0.15) is 22.3 Å². The van der Waals surface area contributed by atoms with E-state index in [9.17, 15) is 9.59 Å². The summed E-state index contributed by atoms with van der Waals surface area (Å²) in [6.07, 6.45) is 0. The summed E-state index contributed by atoms with van der Waals surface area (Å²) in [6, 6.07) is 12.1.